The number of rotatable bonds is 3. The Morgan fingerprint density at radius 3 is 2.93 bits per heavy atom. The Bertz CT molecular complexity index is 321. The second-order valence-corrected chi connectivity index (χ2v) is 4.11. The van der Waals surface area contributed by atoms with Crippen LogP contribution in [-0.4, -0.2) is 23.7 Å². The molecule has 3 heteroatoms. The molecule has 3 nitrogen and oxygen atoms in total. The van der Waals surface area contributed by atoms with Gasteiger partial charge >= 0.3 is 0 Å². The molecule has 0 atom stereocenters. The van der Waals surface area contributed by atoms with Crippen molar-refractivity contribution < 1.29 is 4.74 Å². The fraction of sp³-hybridized carbons (Fsp3) is 0.545. The summed E-state index contributed by atoms with van der Waals surface area (Å²) in [6.07, 6.45) is 1.81. The van der Waals surface area contributed by atoms with Crippen molar-refractivity contribution >= 4 is 0 Å². The van der Waals surface area contributed by atoms with Crippen LogP contribution in [0.4, 0.5) is 0 Å². The van der Waals surface area contributed by atoms with E-state index in [0.717, 1.165) is 18.8 Å². The molecule has 0 aliphatic carbocycles. The largest absolute Gasteiger partial charge is 0.366 e. The van der Waals surface area contributed by atoms with Gasteiger partial charge in [-0.2, -0.15) is 0 Å². The van der Waals surface area contributed by atoms with E-state index in [1.165, 1.54) is 5.56 Å². The van der Waals surface area contributed by atoms with Gasteiger partial charge in [0.2, 0.25) is 0 Å². The Morgan fingerprint density at radius 1 is 1.57 bits per heavy atom. The van der Waals surface area contributed by atoms with Crippen LogP contribution in [0.2, 0.25) is 0 Å². The van der Waals surface area contributed by atoms with Gasteiger partial charge in [-0.3, -0.25) is 4.98 Å². The highest BCUT2D eigenvalue weighted by molar-refractivity contribution is 5.16. The lowest BCUT2D eigenvalue weighted by atomic mass is 10.00. The molecular formula is C11H16N2O. The number of aromatic nitrogens is 1. The third-order valence-electron chi connectivity index (χ3n) is 2.67. The molecule has 1 saturated heterocycles. The van der Waals surface area contributed by atoms with Crippen molar-refractivity contribution in [2.24, 2.45) is 0 Å². The van der Waals surface area contributed by atoms with Gasteiger partial charge < -0.3 is 10.1 Å². The smallest absolute Gasteiger partial charge is 0.0907 e. The number of ether oxygens (including phenoxy) is 1. The molecule has 2 rings (SSSR count). The molecule has 0 unspecified atom stereocenters. The zero-order chi connectivity index (χ0) is 10.0. The first-order valence-corrected chi connectivity index (χ1v) is 4.95. The maximum absolute atomic E-state index is 5.81. The number of nitrogens with one attached hydrogen (secondary N) is 1. The minimum atomic E-state index is 0.0178. The standard InChI is InChI=1S/C11H16N2O/c1-9-4-3-5-13-10(9)6-14-11(2)7-12-8-11/h3-5,12H,6-8H2,1-2H3. The normalized spacial score (nSPS) is 19.0. The zero-order valence-corrected chi connectivity index (χ0v) is 8.71. The summed E-state index contributed by atoms with van der Waals surface area (Å²) < 4.78 is 5.81. The van der Waals surface area contributed by atoms with E-state index in [9.17, 15) is 0 Å². The van der Waals surface area contributed by atoms with E-state index in [-0.39, 0.29) is 5.60 Å². The van der Waals surface area contributed by atoms with Gasteiger partial charge in [-0.05, 0) is 25.5 Å². The molecule has 1 aromatic heterocycles. The summed E-state index contributed by atoms with van der Waals surface area (Å²) in [4.78, 5) is 4.29. The SMILES string of the molecule is Cc1cccnc1COC1(C)CNC1. The molecule has 76 valence electrons. The van der Waals surface area contributed by atoms with Crippen LogP contribution in [0.3, 0.4) is 0 Å². The molecule has 0 bridgehead atoms. The summed E-state index contributed by atoms with van der Waals surface area (Å²) >= 11 is 0. The Morgan fingerprint density at radius 2 is 2.36 bits per heavy atom. The summed E-state index contributed by atoms with van der Waals surface area (Å²) in [7, 11) is 0. The van der Waals surface area contributed by atoms with Crippen LogP contribution in [-0.2, 0) is 11.3 Å². The zero-order valence-electron chi connectivity index (χ0n) is 8.71. The Kier molecular flexibility index (Phi) is 2.52. The molecule has 0 amide bonds. The molecule has 2 heterocycles. The number of nitrogens with zero attached hydrogens (tertiary/aromatic N) is 1. The van der Waals surface area contributed by atoms with Crippen LogP contribution in [0, 0.1) is 6.92 Å². The van der Waals surface area contributed by atoms with E-state index in [1.807, 2.05) is 12.3 Å². The highest BCUT2D eigenvalue weighted by Crippen LogP contribution is 2.17. The number of pyridine rings is 1. The lowest BCUT2D eigenvalue weighted by Gasteiger charge is -2.39. The minimum Gasteiger partial charge on any atom is -0.366 e. The van der Waals surface area contributed by atoms with Crippen LogP contribution >= 0.6 is 0 Å². The molecule has 1 fully saturated rings. The third-order valence-corrected chi connectivity index (χ3v) is 2.67. The molecule has 0 aromatic carbocycles. The van der Waals surface area contributed by atoms with E-state index < -0.39 is 0 Å². The monoisotopic (exact) mass is 192 g/mol. The maximum Gasteiger partial charge on any atom is 0.0907 e. The fourth-order valence-electron chi connectivity index (χ4n) is 1.49. The molecule has 0 radical (unpaired) electrons. The van der Waals surface area contributed by atoms with E-state index >= 15 is 0 Å². The van der Waals surface area contributed by atoms with Crippen LogP contribution in [0.25, 0.3) is 0 Å². The molecule has 1 N–H and O–H groups in total. The van der Waals surface area contributed by atoms with Gasteiger partial charge in [-0.25, -0.2) is 0 Å². The topological polar surface area (TPSA) is 34.1 Å². The van der Waals surface area contributed by atoms with Crippen molar-refractivity contribution in [1.29, 1.82) is 0 Å². The van der Waals surface area contributed by atoms with Crippen molar-refractivity contribution in [2.75, 3.05) is 13.1 Å². The van der Waals surface area contributed by atoms with Crippen molar-refractivity contribution in [3.8, 4) is 0 Å². The molecule has 0 saturated carbocycles. The Hall–Kier alpha value is -0.930. The van der Waals surface area contributed by atoms with E-state index in [0.29, 0.717) is 6.61 Å². The van der Waals surface area contributed by atoms with Crippen LogP contribution in [0.1, 0.15) is 18.2 Å². The van der Waals surface area contributed by atoms with Gasteiger partial charge in [-0.15, -0.1) is 0 Å². The molecular weight excluding hydrogens is 176 g/mol. The number of hydrogen-bond acceptors (Lipinski definition) is 3. The minimum absolute atomic E-state index is 0.0178. The van der Waals surface area contributed by atoms with Crippen LogP contribution < -0.4 is 5.32 Å². The lowest BCUT2D eigenvalue weighted by Crippen LogP contribution is -2.58. The van der Waals surface area contributed by atoms with Gasteiger partial charge in [0, 0.05) is 19.3 Å². The second kappa shape index (κ2) is 3.67. The molecule has 1 aromatic rings. The lowest BCUT2D eigenvalue weighted by molar-refractivity contribution is -0.0779. The Labute approximate surface area is 84.5 Å². The number of aryl methyl sites for hydroxylation is 1. The average molecular weight is 192 g/mol. The van der Waals surface area contributed by atoms with Gasteiger partial charge in [0.25, 0.3) is 0 Å². The third kappa shape index (κ3) is 1.94. The van der Waals surface area contributed by atoms with E-state index in [4.69, 9.17) is 4.74 Å². The Balaban J connectivity index is 1.95. The van der Waals surface area contributed by atoms with Crippen molar-refractivity contribution in [1.82, 2.24) is 10.3 Å². The van der Waals surface area contributed by atoms with Gasteiger partial charge in [0.15, 0.2) is 0 Å². The summed E-state index contributed by atoms with van der Waals surface area (Å²) in [5.41, 5.74) is 2.26. The highest BCUT2D eigenvalue weighted by atomic mass is 16.5. The van der Waals surface area contributed by atoms with Gasteiger partial charge in [0.05, 0.1) is 17.9 Å². The summed E-state index contributed by atoms with van der Waals surface area (Å²) in [6.45, 7) is 6.69. The maximum atomic E-state index is 5.81. The van der Waals surface area contributed by atoms with Gasteiger partial charge in [-0.1, -0.05) is 6.07 Å². The van der Waals surface area contributed by atoms with Crippen molar-refractivity contribution in [2.45, 2.75) is 26.1 Å². The fourth-order valence-corrected chi connectivity index (χ4v) is 1.49. The second-order valence-electron chi connectivity index (χ2n) is 4.11. The van der Waals surface area contributed by atoms with Gasteiger partial charge in [0.1, 0.15) is 0 Å². The summed E-state index contributed by atoms with van der Waals surface area (Å²) in [5, 5.41) is 3.21. The quantitative estimate of drug-likeness (QED) is 0.783. The average Bonchev–Trinajstić information content (AvgIpc) is 2.14. The van der Waals surface area contributed by atoms with E-state index in [1.54, 1.807) is 0 Å². The highest BCUT2D eigenvalue weighted by Gasteiger charge is 2.32. The van der Waals surface area contributed by atoms with Crippen molar-refractivity contribution in [3.05, 3.63) is 29.6 Å². The van der Waals surface area contributed by atoms with Crippen molar-refractivity contribution in [3.63, 3.8) is 0 Å². The first kappa shape index (κ1) is 9.62. The predicted molar refractivity (Wildman–Crippen MR) is 55.0 cm³/mol. The molecule has 1 aliphatic rings. The summed E-state index contributed by atoms with van der Waals surface area (Å²) in [6, 6.07) is 4.01. The molecule has 1 aliphatic heterocycles. The molecule has 14 heavy (non-hydrogen) atoms. The number of hydrogen-bond donors (Lipinski definition) is 1. The first-order valence-electron chi connectivity index (χ1n) is 4.95. The first-order chi connectivity index (χ1) is 6.70. The summed E-state index contributed by atoms with van der Waals surface area (Å²) in [5.74, 6) is 0. The van der Waals surface area contributed by atoms with Crippen LogP contribution in [0.5, 0.6) is 0 Å². The van der Waals surface area contributed by atoms with E-state index in [2.05, 4.69) is 30.2 Å². The predicted octanol–water partition coefficient (Wildman–Crippen LogP) is 1.27. The molecule has 0 spiro atoms. The van der Waals surface area contributed by atoms with Crippen LogP contribution in [0.15, 0.2) is 18.3 Å².